The van der Waals surface area contributed by atoms with Crippen LogP contribution in [0.2, 0.25) is 0 Å². The molecule has 0 aromatic heterocycles. The Balaban J connectivity index is 1.02. The molecular weight excluding hydrogens is 552 g/mol. The summed E-state index contributed by atoms with van der Waals surface area (Å²) in [5.74, 6) is 1.80. The van der Waals surface area contributed by atoms with Crippen molar-refractivity contribution in [3.63, 3.8) is 0 Å². The number of benzene rings is 3. The largest absolute Gasteiger partial charge is 0.494 e. The Bertz CT molecular complexity index is 1410. The van der Waals surface area contributed by atoms with Crippen LogP contribution in [0, 0.1) is 0 Å². The van der Waals surface area contributed by atoms with Crippen LogP contribution in [-0.4, -0.2) is 25.1 Å². The topological polar surface area (TPSA) is 35.5 Å². The summed E-state index contributed by atoms with van der Waals surface area (Å²) in [5.41, 5.74) is 9.44. The van der Waals surface area contributed by atoms with Crippen LogP contribution < -0.4 is 4.74 Å². The van der Waals surface area contributed by atoms with Gasteiger partial charge in [-0.3, -0.25) is 4.79 Å². The van der Waals surface area contributed by atoms with Gasteiger partial charge in [-0.1, -0.05) is 106 Å². The van der Waals surface area contributed by atoms with E-state index in [4.69, 9.17) is 9.47 Å². The van der Waals surface area contributed by atoms with Crippen molar-refractivity contribution in [2.75, 3.05) is 13.2 Å². The van der Waals surface area contributed by atoms with Crippen molar-refractivity contribution >= 4 is 17.9 Å². The first-order valence-corrected chi connectivity index (χ1v) is 17.6. The molecule has 5 rings (SSSR count). The second-order valence-corrected chi connectivity index (χ2v) is 13.0. The summed E-state index contributed by atoms with van der Waals surface area (Å²) in [7, 11) is 0. The van der Waals surface area contributed by atoms with Gasteiger partial charge in [0.15, 0.2) is 5.78 Å². The average Bonchev–Trinajstić information content (AvgIpc) is 3.44. The predicted molar refractivity (Wildman–Crippen MR) is 189 cm³/mol. The Labute approximate surface area is 271 Å². The highest BCUT2D eigenvalue weighted by Gasteiger charge is 2.23. The van der Waals surface area contributed by atoms with Crippen LogP contribution >= 0.6 is 0 Å². The van der Waals surface area contributed by atoms with Crippen molar-refractivity contribution in [1.29, 1.82) is 0 Å². The molecule has 3 aromatic carbocycles. The molecule has 1 saturated carbocycles. The van der Waals surface area contributed by atoms with Crippen LogP contribution in [0.3, 0.4) is 0 Å². The van der Waals surface area contributed by atoms with Crippen molar-refractivity contribution in [2.45, 2.75) is 109 Å². The number of rotatable bonds is 18. The molecular formula is C42H52O3. The zero-order valence-electron chi connectivity index (χ0n) is 27.4. The Hall–Kier alpha value is -3.43. The first kappa shape index (κ1) is 32.9. The van der Waals surface area contributed by atoms with Gasteiger partial charge in [0.2, 0.25) is 0 Å². The second kappa shape index (κ2) is 17.3. The van der Waals surface area contributed by atoms with Crippen LogP contribution in [0.5, 0.6) is 5.75 Å². The number of unbranched alkanes of at least 4 members (excludes halogenated alkanes) is 6. The van der Waals surface area contributed by atoms with Gasteiger partial charge < -0.3 is 9.47 Å². The Kier molecular flexibility index (Phi) is 12.7. The fraction of sp³-hybridized carbons (Fsp3) is 0.452. The minimum Gasteiger partial charge on any atom is -0.494 e. The molecule has 0 heterocycles. The molecule has 3 aromatic rings. The molecule has 2 aliphatic carbocycles. The lowest BCUT2D eigenvalue weighted by Gasteiger charge is -2.29. The number of ketones is 1. The van der Waals surface area contributed by atoms with Crippen LogP contribution in [0.1, 0.15) is 124 Å². The zero-order chi connectivity index (χ0) is 31.3. The van der Waals surface area contributed by atoms with Crippen molar-refractivity contribution in [3.8, 4) is 16.9 Å². The van der Waals surface area contributed by atoms with Crippen molar-refractivity contribution in [2.24, 2.45) is 0 Å². The van der Waals surface area contributed by atoms with E-state index < -0.39 is 0 Å². The van der Waals surface area contributed by atoms with Crippen LogP contribution in [0.25, 0.3) is 23.3 Å². The van der Waals surface area contributed by atoms with Crippen molar-refractivity contribution in [1.82, 2.24) is 0 Å². The van der Waals surface area contributed by atoms with Gasteiger partial charge in [0, 0.05) is 13.0 Å². The Morgan fingerprint density at radius 2 is 1.42 bits per heavy atom. The van der Waals surface area contributed by atoms with E-state index in [-0.39, 0.29) is 5.78 Å². The van der Waals surface area contributed by atoms with Gasteiger partial charge in [0.05, 0.1) is 12.7 Å². The fourth-order valence-electron chi connectivity index (χ4n) is 6.86. The standard InChI is InChI=1S/C42H52O3/c1-3-5-10-27-45-40-24-26-42-37(31-40)30-36-29-33(17-25-41(36)42)14-13-32-15-18-34(19-16-32)35-20-22-39(23-21-35)44-28-11-8-6-7-9-12-38(43)4-2/h4,13-19,24-26,29,31,35,39H,2-3,5-12,20-23,27-28,30H2,1H3. The van der Waals surface area contributed by atoms with E-state index in [0.717, 1.165) is 63.9 Å². The Morgan fingerprint density at radius 1 is 0.756 bits per heavy atom. The van der Waals surface area contributed by atoms with Gasteiger partial charge in [-0.2, -0.15) is 0 Å². The maximum atomic E-state index is 11.3. The van der Waals surface area contributed by atoms with E-state index in [1.54, 1.807) is 0 Å². The van der Waals surface area contributed by atoms with E-state index >= 15 is 0 Å². The van der Waals surface area contributed by atoms with Gasteiger partial charge in [0.1, 0.15) is 5.75 Å². The molecule has 238 valence electrons. The molecule has 0 N–H and O–H groups in total. The average molecular weight is 605 g/mol. The molecule has 0 amide bonds. The molecule has 0 radical (unpaired) electrons. The number of allylic oxidation sites excluding steroid dienone is 1. The SMILES string of the molecule is C=CC(=O)CCCCCCCOC1CCC(c2ccc(C=Cc3ccc4c(c3)Cc3cc(OCCCCC)ccc3-4)cc2)CC1. The first-order chi connectivity index (χ1) is 22.1. The normalized spacial score (nSPS) is 17.3. The molecule has 0 unspecified atom stereocenters. The lowest BCUT2D eigenvalue weighted by Crippen LogP contribution is -2.21. The molecule has 0 atom stereocenters. The summed E-state index contributed by atoms with van der Waals surface area (Å²) >= 11 is 0. The van der Waals surface area contributed by atoms with Gasteiger partial charge >= 0.3 is 0 Å². The molecule has 0 saturated heterocycles. The van der Waals surface area contributed by atoms with E-state index in [1.165, 1.54) is 83.5 Å². The third kappa shape index (κ3) is 9.78. The van der Waals surface area contributed by atoms with Crippen LogP contribution in [0.4, 0.5) is 0 Å². The highest BCUT2D eigenvalue weighted by atomic mass is 16.5. The highest BCUT2D eigenvalue weighted by molar-refractivity contribution is 5.88. The monoisotopic (exact) mass is 604 g/mol. The van der Waals surface area contributed by atoms with E-state index in [0.29, 0.717) is 18.4 Å². The third-order valence-electron chi connectivity index (χ3n) is 9.59. The maximum absolute atomic E-state index is 11.3. The summed E-state index contributed by atoms with van der Waals surface area (Å²) in [6.07, 6.45) is 21.8. The molecule has 1 fully saturated rings. The minimum absolute atomic E-state index is 0.164. The predicted octanol–water partition coefficient (Wildman–Crippen LogP) is 11.1. The van der Waals surface area contributed by atoms with E-state index in [9.17, 15) is 4.79 Å². The summed E-state index contributed by atoms with van der Waals surface area (Å²) < 4.78 is 12.2. The molecule has 0 bridgehead atoms. The van der Waals surface area contributed by atoms with Crippen molar-refractivity contribution in [3.05, 3.63) is 101 Å². The van der Waals surface area contributed by atoms with Gasteiger partial charge in [-0.25, -0.2) is 0 Å². The first-order valence-electron chi connectivity index (χ1n) is 17.6. The highest BCUT2D eigenvalue weighted by Crippen LogP contribution is 2.39. The summed E-state index contributed by atoms with van der Waals surface area (Å²) in [5, 5.41) is 0. The molecule has 0 aliphatic heterocycles. The number of carbonyl (C=O) groups excluding carboxylic acids is 1. The molecule has 3 nitrogen and oxygen atoms in total. The van der Waals surface area contributed by atoms with Gasteiger partial charge in [-0.05, 0) is 114 Å². The lowest BCUT2D eigenvalue weighted by atomic mass is 9.82. The number of hydrogen-bond acceptors (Lipinski definition) is 3. The van der Waals surface area contributed by atoms with Crippen LogP contribution in [0.15, 0.2) is 73.3 Å². The second-order valence-electron chi connectivity index (χ2n) is 13.0. The summed E-state index contributed by atoms with van der Waals surface area (Å²) in [6.45, 7) is 7.43. The number of fused-ring (bicyclic) bond motifs is 3. The lowest BCUT2D eigenvalue weighted by molar-refractivity contribution is -0.114. The number of carbonyl (C=O) groups is 1. The smallest absolute Gasteiger partial charge is 0.155 e. The maximum Gasteiger partial charge on any atom is 0.155 e. The quantitative estimate of drug-likeness (QED) is 0.0644. The summed E-state index contributed by atoms with van der Waals surface area (Å²) in [4.78, 5) is 11.3. The van der Waals surface area contributed by atoms with E-state index in [2.05, 4.69) is 86.3 Å². The number of ether oxygens (including phenoxy) is 2. The van der Waals surface area contributed by atoms with Gasteiger partial charge in [0.25, 0.3) is 0 Å². The third-order valence-corrected chi connectivity index (χ3v) is 9.59. The molecule has 3 heteroatoms. The van der Waals surface area contributed by atoms with Crippen molar-refractivity contribution < 1.29 is 14.3 Å². The molecule has 2 aliphatic rings. The fourth-order valence-corrected chi connectivity index (χ4v) is 6.86. The van der Waals surface area contributed by atoms with Gasteiger partial charge in [-0.15, -0.1) is 0 Å². The zero-order valence-corrected chi connectivity index (χ0v) is 27.4. The number of hydrogen-bond donors (Lipinski definition) is 0. The molecule has 0 spiro atoms. The molecule has 45 heavy (non-hydrogen) atoms. The van der Waals surface area contributed by atoms with Crippen LogP contribution in [-0.2, 0) is 16.0 Å². The Morgan fingerprint density at radius 3 is 2.20 bits per heavy atom. The minimum atomic E-state index is 0.164. The summed E-state index contributed by atoms with van der Waals surface area (Å²) in [6, 6.07) is 22.7. The van der Waals surface area contributed by atoms with E-state index in [1.807, 2.05) is 0 Å².